The van der Waals surface area contributed by atoms with Crippen molar-refractivity contribution in [3.05, 3.63) is 59.7 Å². The lowest BCUT2D eigenvalue weighted by atomic mass is 9.65. The van der Waals surface area contributed by atoms with Crippen molar-refractivity contribution in [3.63, 3.8) is 0 Å². The molecule has 1 aliphatic carbocycles. The van der Waals surface area contributed by atoms with Gasteiger partial charge in [-0.15, -0.1) is 0 Å². The lowest BCUT2D eigenvalue weighted by Gasteiger charge is -2.38. The third-order valence-corrected chi connectivity index (χ3v) is 5.57. The first-order chi connectivity index (χ1) is 14.4. The number of esters is 2. The van der Waals surface area contributed by atoms with Gasteiger partial charge >= 0.3 is 11.9 Å². The normalized spacial score (nSPS) is 17.3. The Bertz CT molecular complexity index is 877. The lowest BCUT2D eigenvalue weighted by Crippen LogP contribution is -2.47. The van der Waals surface area contributed by atoms with Gasteiger partial charge in [0.05, 0.1) is 13.2 Å². The number of hydrogen-bond acceptors (Lipinski definition) is 4. The summed E-state index contributed by atoms with van der Waals surface area (Å²) in [5, 5.41) is 0. The molecule has 30 heavy (non-hydrogen) atoms. The third-order valence-electron chi connectivity index (χ3n) is 5.57. The zero-order chi connectivity index (χ0) is 21.7. The van der Waals surface area contributed by atoms with E-state index in [-0.39, 0.29) is 26.1 Å². The highest BCUT2D eigenvalue weighted by Gasteiger charge is 2.53. The molecule has 3 rings (SSSR count). The Morgan fingerprint density at radius 1 is 1.00 bits per heavy atom. The van der Waals surface area contributed by atoms with Crippen molar-refractivity contribution < 1.29 is 27.8 Å². The summed E-state index contributed by atoms with van der Waals surface area (Å²) in [7, 11) is 0. The smallest absolute Gasteiger partial charge is 0.323 e. The van der Waals surface area contributed by atoms with Crippen LogP contribution in [-0.4, -0.2) is 31.6 Å². The molecule has 0 spiro atoms. The maximum atomic E-state index is 13.5. The van der Waals surface area contributed by atoms with Crippen molar-refractivity contribution in [1.29, 1.82) is 0 Å². The Morgan fingerprint density at radius 2 is 1.63 bits per heavy atom. The van der Waals surface area contributed by atoms with E-state index in [9.17, 15) is 18.4 Å². The quantitative estimate of drug-likeness (QED) is 0.463. The van der Waals surface area contributed by atoms with E-state index < -0.39 is 36.1 Å². The van der Waals surface area contributed by atoms with Crippen molar-refractivity contribution in [2.45, 2.75) is 45.5 Å². The number of benzene rings is 2. The van der Waals surface area contributed by atoms with Gasteiger partial charge in [0, 0.05) is 6.42 Å². The predicted molar refractivity (Wildman–Crippen MR) is 109 cm³/mol. The van der Waals surface area contributed by atoms with Crippen LogP contribution in [0.25, 0.3) is 11.1 Å². The molecule has 160 valence electrons. The minimum absolute atomic E-state index is 0.0553. The van der Waals surface area contributed by atoms with Gasteiger partial charge in [0.15, 0.2) is 5.41 Å². The minimum atomic E-state index is -2.57. The summed E-state index contributed by atoms with van der Waals surface area (Å²) in [6, 6.07) is 15.3. The van der Waals surface area contributed by atoms with Gasteiger partial charge in [0.1, 0.15) is 0 Å². The maximum absolute atomic E-state index is 13.5. The highest BCUT2D eigenvalue weighted by atomic mass is 19.3. The second-order valence-electron chi connectivity index (χ2n) is 7.51. The summed E-state index contributed by atoms with van der Waals surface area (Å²) in [5.41, 5.74) is 1.73. The number of carbonyl (C=O) groups excluding carboxylic acids is 2. The Labute approximate surface area is 175 Å². The molecule has 0 aliphatic heterocycles. The van der Waals surface area contributed by atoms with Gasteiger partial charge < -0.3 is 9.47 Å². The summed E-state index contributed by atoms with van der Waals surface area (Å²) in [6.45, 7) is 3.49. The van der Waals surface area contributed by atoms with Gasteiger partial charge in [0.2, 0.25) is 6.43 Å². The molecular formula is C24H26F2O4. The Balaban J connectivity index is 2.09. The van der Waals surface area contributed by atoms with Gasteiger partial charge in [-0.1, -0.05) is 48.5 Å². The van der Waals surface area contributed by atoms with Crippen LogP contribution in [0.3, 0.4) is 0 Å². The van der Waals surface area contributed by atoms with E-state index in [0.717, 1.165) is 16.7 Å². The summed E-state index contributed by atoms with van der Waals surface area (Å²) in [5.74, 6) is -2.08. The van der Waals surface area contributed by atoms with Crippen LogP contribution in [0.5, 0.6) is 0 Å². The van der Waals surface area contributed by atoms with E-state index in [1.807, 2.05) is 48.5 Å². The van der Waals surface area contributed by atoms with Gasteiger partial charge in [-0.05, 0) is 54.9 Å². The van der Waals surface area contributed by atoms with Crippen LogP contribution in [0.1, 0.15) is 43.7 Å². The first-order valence-electron chi connectivity index (χ1n) is 10.2. The molecule has 0 fully saturated rings. The molecule has 2 aromatic carbocycles. The number of alkyl halides is 2. The molecule has 0 N–H and O–H groups in total. The van der Waals surface area contributed by atoms with Crippen LogP contribution in [0, 0.1) is 5.41 Å². The molecule has 0 aromatic heterocycles. The lowest BCUT2D eigenvalue weighted by molar-refractivity contribution is -0.174. The van der Waals surface area contributed by atoms with Crippen molar-refractivity contribution in [2.75, 3.05) is 13.2 Å². The number of ether oxygens (including phenoxy) is 2. The van der Waals surface area contributed by atoms with E-state index in [1.165, 1.54) is 0 Å². The molecule has 0 saturated carbocycles. The van der Waals surface area contributed by atoms with E-state index in [4.69, 9.17) is 9.47 Å². The predicted octanol–water partition coefficient (Wildman–Crippen LogP) is 5.15. The monoisotopic (exact) mass is 416 g/mol. The molecular weight excluding hydrogens is 390 g/mol. The molecule has 0 radical (unpaired) electrons. The van der Waals surface area contributed by atoms with Gasteiger partial charge in [-0.25, -0.2) is 8.78 Å². The fourth-order valence-corrected chi connectivity index (χ4v) is 4.23. The van der Waals surface area contributed by atoms with E-state index in [0.29, 0.717) is 5.56 Å². The molecule has 1 unspecified atom stereocenters. The van der Waals surface area contributed by atoms with Crippen LogP contribution in [0.4, 0.5) is 8.78 Å². The first-order valence-corrected chi connectivity index (χ1v) is 10.2. The summed E-state index contributed by atoms with van der Waals surface area (Å²) in [4.78, 5) is 25.7. The number of rotatable bonds is 7. The van der Waals surface area contributed by atoms with Crippen molar-refractivity contribution in [3.8, 4) is 11.1 Å². The van der Waals surface area contributed by atoms with Crippen LogP contribution in [0.15, 0.2) is 48.5 Å². The Kier molecular flexibility index (Phi) is 6.85. The van der Waals surface area contributed by atoms with E-state index in [1.54, 1.807) is 13.8 Å². The second kappa shape index (κ2) is 9.37. The van der Waals surface area contributed by atoms with E-state index >= 15 is 0 Å². The molecule has 0 heterocycles. The van der Waals surface area contributed by atoms with Gasteiger partial charge in [-0.3, -0.25) is 9.59 Å². The first kappa shape index (κ1) is 21.9. The van der Waals surface area contributed by atoms with Crippen molar-refractivity contribution in [2.24, 2.45) is 5.41 Å². The Morgan fingerprint density at radius 3 is 2.20 bits per heavy atom. The molecule has 0 bridgehead atoms. The maximum Gasteiger partial charge on any atom is 0.323 e. The largest absolute Gasteiger partial charge is 0.465 e. The molecule has 2 aromatic rings. The number of carbonyl (C=O) groups is 2. The summed E-state index contributed by atoms with van der Waals surface area (Å²) in [6.07, 6.45) is -2.98. The van der Waals surface area contributed by atoms with Crippen molar-refractivity contribution in [1.82, 2.24) is 0 Å². The molecule has 6 heteroatoms. The average molecular weight is 416 g/mol. The highest BCUT2D eigenvalue weighted by Crippen LogP contribution is 2.47. The Hall–Kier alpha value is -2.76. The number of halogens is 2. The van der Waals surface area contributed by atoms with E-state index in [2.05, 4.69) is 0 Å². The summed E-state index contributed by atoms with van der Waals surface area (Å²) < 4.78 is 37.3. The van der Waals surface area contributed by atoms with Crippen LogP contribution >= 0.6 is 0 Å². The zero-order valence-corrected chi connectivity index (χ0v) is 17.2. The average Bonchev–Trinajstić information content (AvgIpc) is 2.73. The third kappa shape index (κ3) is 4.37. The molecule has 0 amide bonds. The van der Waals surface area contributed by atoms with Gasteiger partial charge in [-0.2, -0.15) is 0 Å². The zero-order valence-electron chi connectivity index (χ0n) is 17.2. The fraction of sp³-hybridized carbons (Fsp3) is 0.417. The second-order valence-corrected chi connectivity index (χ2v) is 7.51. The summed E-state index contributed by atoms with van der Waals surface area (Å²) >= 11 is 0. The molecule has 0 saturated heterocycles. The highest BCUT2D eigenvalue weighted by molar-refractivity contribution is 6.01. The van der Waals surface area contributed by atoms with Crippen LogP contribution < -0.4 is 0 Å². The number of fused-ring (bicyclic) bond motifs is 1. The van der Waals surface area contributed by atoms with Crippen LogP contribution in [-0.2, 0) is 25.5 Å². The molecule has 1 atom stereocenters. The van der Waals surface area contributed by atoms with Gasteiger partial charge in [0.25, 0.3) is 0 Å². The number of hydrogen-bond donors (Lipinski definition) is 0. The standard InChI is InChI=1S/C24H26F2O4/c1-3-29-22(27)24(23(28)30-4-2)14-18-11-10-17(16-8-6-5-7-9-16)12-20(18)19(15-24)13-21(25)26/h5-12,19,21H,3-4,13-15H2,1-2H3. The van der Waals surface area contributed by atoms with Crippen LogP contribution in [0.2, 0.25) is 0 Å². The SMILES string of the molecule is CCOC(=O)C1(C(=O)OCC)Cc2ccc(-c3ccccc3)cc2C(CC(F)F)C1. The van der Waals surface area contributed by atoms with Crippen molar-refractivity contribution >= 4 is 11.9 Å². The molecule has 1 aliphatic rings. The fourth-order valence-electron chi connectivity index (χ4n) is 4.23. The minimum Gasteiger partial charge on any atom is -0.465 e. The molecule has 4 nitrogen and oxygen atoms in total. The topological polar surface area (TPSA) is 52.6 Å².